The van der Waals surface area contributed by atoms with Gasteiger partial charge in [0.05, 0.1) is 0 Å². The zero-order valence-corrected chi connectivity index (χ0v) is 9.54. The highest BCUT2D eigenvalue weighted by atomic mass is 15.1. The molecular weight excluding hydrogens is 170 g/mol. The van der Waals surface area contributed by atoms with E-state index in [9.17, 15) is 0 Å². The Morgan fingerprint density at radius 3 is 2.71 bits per heavy atom. The minimum absolute atomic E-state index is 0.657. The molecule has 0 fully saturated rings. The van der Waals surface area contributed by atoms with Crippen LogP contribution in [0.3, 0.4) is 0 Å². The molecule has 2 unspecified atom stereocenters. The summed E-state index contributed by atoms with van der Waals surface area (Å²) in [4.78, 5) is 2.41. The summed E-state index contributed by atoms with van der Waals surface area (Å²) in [6.45, 7) is 6.82. The molecule has 2 atom stereocenters. The van der Waals surface area contributed by atoms with Crippen LogP contribution in [0.15, 0.2) is 18.2 Å². The second kappa shape index (κ2) is 3.30. The highest BCUT2D eigenvalue weighted by molar-refractivity contribution is 5.57. The van der Waals surface area contributed by atoms with Crippen molar-refractivity contribution >= 4 is 5.69 Å². The summed E-state index contributed by atoms with van der Waals surface area (Å²) in [5.74, 6) is 0.759. The lowest BCUT2D eigenvalue weighted by Crippen LogP contribution is -2.39. The average Bonchev–Trinajstić information content (AvgIpc) is 2.16. The molecule has 0 amide bonds. The number of aryl methyl sites for hydroxylation is 1. The summed E-state index contributed by atoms with van der Waals surface area (Å²) >= 11 is 0. The van der Waals surface area contributed by atoms with Gasteiger partial charge in [0.15, 0.2) is 0 Å². The first-order chi connectivity index (χ1) is 6.59. The third kappa shape index (κ3) is 1.41. The van der Waals surface area contributed by atoms with E-state index in [1.807, 2.05) is 0 Å². The number of nitrogens with zero attached hydrogens (tertiary/aromatic N) is 1. The lowest BCUT2D eigenvalue weighted by atomic mass is 9.88. The quantitative estimate of drug-likeness (QED) is 0.606. The first-order valence-electron chi connectivity index (χ1n) is 5.42. The highest BCUT2D eigenvalue weighted by Gasteiger charge is 2.25. The van der Waals surface area contributed by atoms with Crippen molar-refractivity contribution in [3.05, 3.63) is 29.3 Å². The molecule has 0 spiro atoms. The molecule has 1 aromatic rings. The fourth-order valence-electron chi connectivity index (χ4n) is 2.29. The molecule has 0 N–H and O–H groups in total. The Balaban J connectivity index is 2.46. The van der Waals surface area contributed by atoms with Crippen LogP contribution in [0.2, 0.25) is 0 Å². The molecule has 0 aliphatic carbocycles. The number of hydrogen-bond donors (Lipinski definition) is 0. The van der Waals surface area contributed by atoms with Crippen LogP contribution in [-0.2, 0) is 6.42 Å². The van der Waals surface area contributed by atoms with Crippen molar-refractivity contribution < 1.29 is 0 Å². The van der Waals surface area contributed by atoms with E-state index in [1.165, 1.54) is 23.2 Å². The minimum Gasteiger partial charge on any atom is -0.371 e. The number of rotatable bonds is 0. The summed E-state index contributed by atoms with van der Waals surface area (Å²) in [7, 11) is 2.21. The number of benzene rings is 1. The zero-order chi connectivity index (χ0) is 10.3. The van der Waals surface area contributed by atoms with Crippen molar-refractivity contribution in [1.82, 2.24) is 0 Å². The Bertz CT molecular complexity index is 343. The lowest BCUT2D eigenvalue weighted by molar-refractivity contribution is 0.443. The molecule has 1 heterocycles. The molecule has 0 bridgehead atoms. The van der Waals surface area contributed by atoms with Gasteiger partial charge < -0.3 is 4.90 Å². The SMILES string of the molecule is Cc1ccc2c(c1)N(C)C(C)C(C)C2. The minimum atomic E-state index is 0.657. The van der Waals surface area contributed by atoms with Crippen LogP contribution < -0.4 is 4.90 Å². The molecule has 1 aromatic carbocycles. The van der Waals surface area contributed by atoms with Gasteiger partial charge in [-0.3, -0.25) is 0 Å². The van der Waals surface area contributed by atoms with Crippen molar-refractivity contribution in [2.24, 2.45) is 5.92 Å². The molecule has 1 heteroatoms. The van der Waals surface area contributed by atoms with Crippen LogP contribution >= 0.6 is 0 Å². The summed E-state index contributed by atoms with van der Waals surface area (Å²) in [5, 5.41) is 0. The van der Waals surface area contributed by atoms with Crippen LogP contribution in [0.4, 0.5) is 5.69 Å². The van der Waals surface area contributed by atoms with E-state index in [-0.39, 0.29) is 0 Å². The first kappa shape index (κ1) is 9.57. The molecule has 0 aromatic heterocycles. The van der Waals surface area contributed by atoms with Gasteiger partial charge >= 0.3 is 0 Å². The first-order valence-corrected chi connectivity index (χ1v) is 5.42. The van der Waals surface area contributed by atoms with Crippen molar-refractivity contribution in [2.75, 3.05) is 11.9 Å². The maximum atomic E-state index is 2.41. The number of fused-ring (bicyclic) bond motifs is 1. The standard InChI is InChI=1S/C13H19N/c1-9-5-6-12-8-10(2)11(3)14(4)13(12)7-9/h5-7,10-11H,8H2,1-4H3. The van der Waals surface area contributed by atoms with Crippen LogP contribution in [0.25, 0.3) is 0 Å². The topological polar surface area (TPSA) is 3.24 Å². The smallest absolute Gasteiger partial charge is 0.0401 e. The molecule has 14 heavy (non-hydrogen) atoms. The van der Waals surface area contributed by atoms with Gasteiger partial charge in [0.2, 0.25) is 0 Å². The molecule has 0 radical (unpaired) electrons. The fraction of sp³-hybridized carbons (Fsp3) is 0.538. The summed E-state index contributed by atoms with van der Waals surface area (Å²) in [6.07, 6.45) is 1.22. The van der Waals surface area contributed by atoms with Crippen LogP contribution in [-0.4, -0.2) is 13.1 Å². The monoisotopic (exact) mass is 189 g/mol. The van der Waals surface area contributed by atoms with Gasteiger partial charge in [0.25, 0.3) is 0 Å². The second-order valence-electron chi connectivity index (χ2n) is 4.67. The Morgan fingerprint density at radius 2 is 2.00 bits per heavy atom. The second-order valence-corrected chi connectivity index (χ2v) is 4.67. The van der Waals surface area contributed by atoms with E-state index in [2.05, 4.69) is 50.9 Å². The molecule has 1 aliphatic rings. The molecule has 1 aliphatic heterocycles. The van der Waals surface area contributed by atoms with E-state index < -0.39 is 0 Å². The zero-order valence-electron chi connectivity index (χ0n) is 9.54. The van der Waals surface area contributed by atoms with E-state index >= 15 is 0 Å². The van der Waals surface area contributed by atoms with Gasteiger partial charge in [-0.2, -0.15) is 0 Å². The number of anilines is 1. The Kier molecular flexibility index (Phi) is 2.26. The third-order valence-electron chi connectivity index (χ3n) is 3.60. The Hall–Kier alpha value is -0.980. The highest BCUT2D eigenvalue weighted by Crippen LogP contribution is 2.32. The maximum Gasteiger partial charge on any atom is 0.0401 e. The third-order valence-corrected chi connectivity index (χ3v) is 3.60. The van der Waals surface area contributed by atoms with Gasteiger partial charge in [-0.25, -0.2) is 0 Å². The predicted molar refractivity (Wildman–Crippen MR) is 61.9 cm³/mol. The van der Waals surface area contributed by atoms with Crippen molar-refractivity contribution in [1.29, 1.82) is 0 Å². The largest absolute Gasteiger partial charge is 0.371 e. The number of hydrogen-bond acceptors (Lipinski definition) is 1. The maximum absolute atomic E-state index is 2.41. The van der Waals surface area contributed by atoms with Crippen LogP contribution in [0, 0.1) is 12.8 Å². The molecular formula is C13H19N. The Morgan fingerprint density at radius 1 is 1.29 bits per heavy atom. The van der Waals surface area contributed by atoms with Crippen molar-refractivity contribution in [2.45, 2.75) is 33.2 Å². The van der Waals surface area contributed by atoms with E-state index in [0.29, 0.717) is 6.04 Å². The Labute approximate surface area is 86.7 Å². The summed E-state index contributed by atoms with van der Waals surface area (Å²) < 4.78 is 0. The fourth-order valence-corrected chi connectivity index (χ4v) is 2.29. The lowest BCUT2D eigenvalue weighted by Gasteiger charge is -2.38. The van der Waals surface area contributed by atoms with Gasteiger partial charge in [-0.05, 0) is 43.4 Å². The van der Waals surface area contributed by atoms with Gasteiger partial charge in [0.1, 0.15) is 0 Å². The summed E-state index contributed by atoms with van der Waals surface area (Å²) in [5.41, 5.74) is 4.29. The van der Waals surface area contributed by atoms with Crippen molar-refractivity contribution in [3.8, 4) is 0 Å². The molecule has 0 saturated heterocycles. The van der Waals surface area contributed by atoms with Gasteiger partial charge in [-0.15, -0.1) is 0 Å². The van der Waals surface area contributed by atoms with E-state index in [4.69, 9.17) is 0 Å². The molecule has 76 valence electrons. The summed E-state index contributed by atoms with van der Waals surface area (Å²) in [6, 6.07) is 7.46. The molecule has 1 nitrogen and oxygen atoms in total. The van der Waals surface area contributed by atoms with Crippen molar-refractivity contribution in [3.63, 3.8) is 0 Å². The predicted octanol–water partition coefficient (Wildman–Crippen LogP) is 3.01. The average molecular weight is 189 g/mol. The molecule has 0 saturated carbocycles. The van der Waals surface area contributed by atoms with E-state index in [0.717, 1.165) is 5.92 Å². The van der Waals surface area contributed by atoms with Gasteiger partial charge in [0, 0.05) is 18.8 Å². The molecule has 2 rings (SSSR count). The van der Waals surface area contributed by atoms with Crippen LogP contribution in [0.5, 0.6) is 0 Å². The van der Waals surface area contributed by atoms with Crippen LogP contribution in [0.1, 0.15) is 25.0 Å². The van der Waals surface area contributed by atoms with E-state index in [1.54, 1.807) is 0 Å². The normalized spacial score (nSPS) is 26.1. The van der Waals surface area contributed by atoms with Gasteiger partial charge in [-0.1, -0.05) is 19.1 Å².